The zero-order valence-corrected chi connectivity index (χ0v) is 13.5. The van der Waals surface area contributed by atoms with Crippen LogP contribution in [0.5, 0.6) is 11.5 Å². The molecule has 1 aromatic heterocycles. The second kappa shape index (κ2) is 6.32. The minimum absolute atomic E-state index is 0.0453. The van der Waals surface area contributed by atoms with Gasteiger partial charge in [-0.25, -0.2) is 0 Å². The molecule has 1 aromatic carbocycles. The van der Waals surface area contributed by atoms with Crippen LogP contribution in [-0.4, -0.2) is 41.8 Å². The number of nitrogens with zero attached hydrogens (tertiary/aromatic N) is 2. The molecule has 122 valence electrons. The van der Waals surface area contributed by atoms with Gasteiger partial charge in [0, 0.05) is 13.1 Å². The Kier molecular flexibility index (Phi) is 4.23. The molecule has 0 unspecified atom stereocenters. The Balaban J connectivity index is 1.63. The van der Waals surface area contributed by atoms with Gasteiger partial charge < -0.3 is 18.9 Å². The number of benzene rings is 1. The maximum atomic E-state index is 12.4. The summed E-state index contributed by atoms with van der Waals surface area (Å²) >= 11 is 0. The highest BCUT2D eigenvalue weighted by Gasteiger charge is 2.30. The molecule has 0 N–H and O–H groups in total. The van der Waals surface area contributed by atoms with Crippen molar-refractivity contribution in [2.75, 3.05) is 13.7 Å². The van der Waals surface area contributed by atoms with Crippen LogP contribution in [-0.2, 0) is 11.2 Å². The van der Waals surface area contributed by atoms with Crippen LogP contribution in [0, 0.1) is 6.92 Å². The van der Waals surface area contributed by atoms with Gasteiger partial charge in [0.1, 0.15) is 12.4 Å². The van der Waals surface area contributed by atoms with Crippen molar-refractivity contribution in [1.29, 1.82) is 0 Å². The third-order valence-corrected chi connectivity index (χ3v) is 4.08. The van der Waals surface area contributed by atoms with Crippen LogP contribution >= 0.6 is 0 Å². The molecule has 23 heavy (non-hydrogen) atoms. The van der Waals surface area contributed by atoms with Crippen molar-refractivity contribution in [3.63, 3.8) is 0 Å². The number of hydrogen-bond donors (Lipinski definition) is 0. The molecule has 2 aromatic rings. The average Bonchev–Trinajstić information content (AvgIpc) is 2.97. The maximum absolute atomic E-state index is 12.4. The van der Waals surface area contributed by atoms with Crippen LogP contribution in [0.3, 0.4) is 0 Å². The molecule has 2 heterocycles. The van der Waals surface area contributed by atoms with Crippen LogP contribution in [0.2, 0.25) is 0 Å². The van der Waals surface area contributed by atoms with E-state index in [4.69, 9.17) is 14.0 Å². The van der Waals surface area contributed by atoms with Gasteiger partial charge >= 0.3 is 0 Å². The molecule has 1 aliphatic rings. The highest BCUT2D eigenvalue weighted by Crippen LogP contribution is 2.32. The van der Waals surface area contributed by atoms with Gasteiger partial charge in [0.15, 0.2) is 17.6 Å². The minimum Gasteiger partial charge on any atom is -0.486 e. The lowest BCUT2D eigenvalue weighted by molar-refractivity contribution is -0.133. The van der Waals surface area contributed by atoms with Crippen molar-refractivity contribution in [2.24, 2.45) is 0 Å². The predicted molar refractivity (Wildman–Crippen MR) is 83.5 cm³/mol. The van der Waals surface area contributed by atoms with Gasteiger partial charge in [-0.3, -0.25) is 4.79 Å². The SMILES string of the molecule is Cc1cc(CC(=O)N(C)[C@@H](C)[C@@H]2COc3ccccc3O2)on1. The Labute approximate surface area is 135 Å². The van der Waals surface area contributed by atoms with E-state index in [0.29, 0.717) is 18.1 Å². The van der Waals surface area contributed by atoms with E-state index < -0.39 is 0 Å². The first-order valence-electron chi connectivity index (χ1n) is 7.61. The molecule has 0 saturated heterocycles. The first kappa shape index (κ1) is 15.4. The van der Waals surface area contributed by atoms with Gasteiger partial charge in [0.05, 0.1) is 18.2 Å². The summed E-state index contributed by atoms with van der Waals surface area (Å²) in [6.07, 6.45) is -0.0263. The number of amides is 1. The van der Waals surface area contributed by atoms with Gasteiger partial charge in [-0.05, 0) is 26.0 Å². The number of hydrogen-bond acceptors (Lipinski definition) is 5. The normalized spacial score (nSPS) is 17.6. The van der Waals surface area contributed by atoms with Crippen LogP contribution in [0.15, 0.2) is 34.9 Å². The third kappa shape index (κ3) is 3.31. The summed E-state index contributed by atoms with van der Waals surface area (Å²) in [6, 6.07) is 9.19. The lowest BCUT2D eigenvalue weighted by Crippen LogP contribution is -2.49. The van der Waals surface area contributed by atoms with E-state index in [1.807, 2.05) is 38.1 Å². The van der Waals surface area contributed by atoms with Crippen molar-refractivity contribution >= 4 is 5.91 Å². The standard InChI is InChI=1S/C17H20N2O4/c1-11-8-13(23-18-11)9-17(20)19(3)12(2)16-10-21-14-6-4-5-7-15(14)22-16/h4-8,12,16H,9-10H2,1-3H3/t12-,16-/m0/s1. The minimum atomic E-state index is -0.213. The zero-order valence-electron chi connectivity index (χ0n) is 13.5. The topological polar surface area (TPSA) is 64.8 Å². The predicted octanol–water partition coefficient (Wildman–Crippen LogP) is 2.21. The molecule has 0 spiro atoms. The average molecular weight is 316 g/mol. The molecule has 0 saturated carbocycles. The highest BCUT2D eigenvalue weighted by molar-refractivity contribution is 5.78. The zero-order chi connectivity index (χ0) is 16.4. The largest absolute Gasteiger partial charge is 0.486 e. The molecule has 1 amide bonds. The first-order valence-corrected chi connectivity index (χ1v) is 7.61. The third-order valence-electron chi connectivity index (χ3n) is 4.08. The highest BCUT2D eigenvalue weighted by atomic mass is 16.6. The van der Waals surface area contributed by atoms with Gasteiger partial charge in [0.25, 0.3) is 0 Å². The molecule has 6 heteroatoms. The maximum Gasteiger partial charge on any atom is 0.230 e. The lowest BCUT2D eigenvalue weighted by atomic mass is 10.1. The van der Waals surface area contributed by atoms with Crippen molar-refractivity contribution in [3.05, 3.63) is 41.8 Å². The molecule has 0 bridgehead atoms. The van der Waals surface area contributed by atoms with Crippen LogP contribution in [0.25, 0.3) is 0 Å². The Morgan fingerprint density at radius 2 is 2.13 bits per heavy atom. The number of fused-ring (bicyclic) bond motifs is 1. The summed E-state index contributed by atoms with van der Waals surface area (Å²) < 4.78 is 16.8. The summed E-state index contributed by atoms with van der Waals surface area (Å²) in [4.78, 5) is 14.1. The molecule has 3 rings (SSSR count). The summed E-state index contributed by atoms with van der Waals surface area (Å²) in [5.41, 5.74) is 0.768. The second-order valence-electron chi connectivity index (χ2n) is 5.77. The van der Waals surface area contributed by atoms with Gasteiger partial charge in [-0.2, -0.15) is 0 Å². The van der Waals surface area contributed by atoms with E-state index in [9.17, 15) is 4.79 Å². The number of para-hydroxylation sites is 2. The number of ether oxygens (including phenoxy) is 2. The Hall–Kier alpha value is -2.50. The number of carbonyl (C=O) groups excluding carboxylic acids is 1. The molecule has 6 nitrogen and oxygen atoms in total. The second-order valence-corrected chi connectivity index (χ2v) is 5.77. The van der Waals surface area contributed by atoms with Crippen molar-refractivity contribution < 1.29 is 18.8 Å². The van der Waals surface area contributed by atoms with Gasteiger partial charge in [0.2, 0.25) is 5.91 Å². The number of carbonyl (C=O) groups is 1. The smallest absolute Gasteiger partial charge is 0.230 e. The van der Waals surface area contributed by atoms with Gasteiger partial charge in [-0.1, -0.05) is 17.3 Å². The Morgan fingerprint density at radius 3 is 2.83 bits per heavy atom. The summed E-state index contributed by atoms with van der Waals surface area (Å²) in [6.45, 7) is 4.19. The molecular weight excluding hydrogens is 296 g/mol. The summed E-state index contributed by atoms with van der Waals surface area (Å²) in [7, 11) is 1.76. The summed E-state index contributed by atoms with van der Waals surface area (Å²) in [5, 5.41) is 3.80. The van der Waals surface area contributed by atoms with Crippen molar-refractivity contribution in [3.8, 4) is 11.5 Å². The molecule has 0 radical (unpaired) electrons. The fraction of sp³-hybridized carbons (Fsp3) is 0.412. The molecule has 0 aliphatic carbocycles. The Bertz CT molecular complexity index is 697. The number of likely N-dealkylation sites (N-methyl/N-ethyl adjacent to an activating group) is 1. The van der Waals surface area contributed by atoms with Crippen molar-refractivity contribution in [2.45, 2.75) is 32.4 Å². The fourth-order valence-electron chi connectivity index (χ4n) is 2.52. The number of rotatable bonds is 4. The fourth-order valence-corrected chi connectivity index (χ4v) is 2.52. The van der Waals surface area contributed by atoms with E-state index in [2.05, 4.69) is 5.16 Å². The van der Waals surface area contributed by atoms with E-state index in [0.717, 1.165) is 11.4 Å². The number of aryl methyl sites for hydroxylation is 1. The van der Waals surface area contributed by atoms with E-state index in [1.165, 1.54) is 0 Å². The Morgan fingerprint density at radius 1 is 1.39 bits per heavy atom. The quantitative estimate of drug-likeness (QED) is 0.865. The molecule has 1 aliphatic heterocycles. The van der Waals surface area contributed by atoms with Crippen LogP contribution in [0.4, 0.5) is 0 Å². The van der Waals surface area contributed by atoms with E-state index in [-0.39, 0.29) is 24.5 Å². The monoisotopic (exact) mass is 316 g/mol. The molecule has 2 atom stereocenters. The van der Waals surface area contributed by atoms with E-state index in [1.54, 1.807) is 18.0 Å². The van der Waals surface area contributed by atoms with Crippen LogP contribution < -0.4 is 9.47 Å². The van der Waals surface area contributed by atoms with Crippen molar-refractivity contribution in [1.82, 2.24) is 10.1 Å². The lowest BCUT2D eigenvalue weighted by Gasteiger charge is -2.35. The molecular formula is C17H20N2O4. The number of aromatic nitrogens is 1. The first-order chi connectivity index (χ1) is 11.0. The van der Waals surface area contributed by atoms with Gasteiger partial charge in [-0.15, -0.1) is 0 Å². The van der Waals surface area contributed by atoms with Crippen LogP contribution in [0.1, 0.15) is 18.4 Å². The summed E-state index contributed by atoms with van der Waals surface area (Å²) in [5.74, 6) is 1.97. The van der Waals surface area contributed by atoms with E-state index >= 15 is 0 Å². The molecule has 0 fully saturated rings.